The van der Waals surface area contributed by atoms with Crippen LogP contribution in [0.4, 0.5) is 0 Å². The van der Waals surface area contributed by atoms with Gasteiger partial charge in [0.15, 0.2) is 0 Å². The van der Waals surface area contributed by atoms with E-state index in [-0.39, 0.29) is 0 Å². The van der Waals surface area contributed by atoms with Gasteiger partial charge in [0.25, 0.3) is 0 Å². The van der Waals surface area contributed by atoms with Crippen molar-refractivity contribution in [3.05, 3.63) is 0 Å². The topological polar surface area (TPSA) is 3.24 Å². The molecule has 0 atom stereocenters. The van der Waals surface area contributed by atoms with Crippen LogP contribution >= 0.6 is 0 Å². The summed E-state index contributed by atoms with van der Waals surface area (Å²) in [7, 11) is 0. The third-order valence-corrected chi connectivity index (χ3v) is 11.4. The molecular weight excluding hydrogens is 228 g/mol. The normalized spacial score (nSPS) is 17.8. The summed E-state index contributed by atoms with van der Waals surface area (Å²) in [5.74, 6) is 0. The Morgan fingerprint density at radius 3 is 2.21 bits per heavy atom. The van der Waals surface area contributed by atoms with Gasteiger partial charge in [-0.2, -0.15) is 0 Å². The molecule has 1 aliphatic heterocycles. The molecule has 1 fully saturated rings. The first-order valence-electron chi connectivity index (χ1n) is 6.59. The van der Waals surface area contributed by atoms with Crippen molar-refractivity contribution in [2.24, 2.45) is 0 Å². The Labute approximate surface area is 95.3 Å². The Hall–Kier alpha value is 0.596. The summed E-state index contributed by atoms with van der Waals surface area (Å²) in [6.45, 7) is 8.42. The minimum absolute atomic E-state index is 0.690. The van der Waals surface area contributed by atoms with E-state index in [1.54, 1.807) is 27.8 Å². The Morgan fingerprint density at radius 1 is 1.00 bits per heavy atom. The van der Waals surface area contributed by atoms with Crippen LogP contribution in [-0.4, -0.2) is 40.8 Å². The molecular formula is C12H26GaN. The maximum absolute atomic E-state index is 2.57. The van der Waals surface area contributed by atoms with Crippen LogP contribution < -0.4 is 0 Å². The van der Waals surface area contributed by atoms with Crippen LogP contribution in [0.5, 0.6) is 0 Å². The first kappa shape index (κ1) is 12.7. The van der Waals surface area contributed by atoms with Crippen molar-refractivity contribution in [2.45, 2.75) is 54.5 Å². The summed E-state index contributed by atoms with van der Waals surface area (Å²) in [4.78, 5) is 7.64. The number of hydrogen-bond acceptors (Lipinski definition) is 1. The molecule has 1 nitrogen and oxygen atoms in total. The molecule has 0 unspecified atom stereocenters. The molecule has 0 aromatic heterocycles. The van der Waals surface area contributed by atoms with Crippen LogP contribution in [0.3, 0.4) is 0 Å². The average Bonchev–Trinajstić information content (AvgIpc) is 2.26. The molecule has 0 radical (unpaired) electrons. The van der Waals surface area contributed by atoms with Crippen LogP contribution in [0.1, 0.15) is 39.5 Å². The Bertz CT molecular complexity index is 128. The van der Waals surface area contributed by atoms with Gasteiger partial charge in [0.05, 0.1) is 0 Å². The maximum atomic E-state index is 2.57. The molecule has 0 aromatic rings. The molecule has 1 rings (SSSR count). The zero-order chi connectivity index (χ0) is 10.2. The molecule has 0 aliphatic carbocycles. The zero-order valence-electron chi connectivity index (χ0n) is 10.1. The van der Waals surface area contributed by atoms with Crippen molar-refractivity contribution in [3.8, 4) is 0 Å². The van der Waals surface area contributed by atoms with E-state index in [0.717, 1.165) is 0 Å². The predicted molar refractivity (Wildman–Crippen MR) is 66.4 cm³/mol. The van der Waals surface area contributed by atoms with Gasteiger partial charge in [0.1, 0.15) is 0 Å². The summed E-state index contributed by atoms with van der Waals surface area (Å²) in [6.07, 6.45) is 6.20. The molecule has 0 saturated carbocycles. The molecule has 0 N–H and O–H groups in total. The molecule has 82 valence electrons. The molecule has 0 aromatic carbocycles. The van der Waals surface area contributed by atoms with Crippen LogP contribution in [0, 0.1) is 0 Å². The first-order chi connectivity index (χ1) is 6.86. The molecule has 2 heteroatoms. The fraction of sp³-hybridized carbons (Fsp3) is 1.00. The molecule has 0 amide bonds. The summed E-state index contributed by atoms with van der Waals surface area (Å²) >= 11 is -0.690. The second kappa shape index (κ2) is 7.83. The van der Waals surface area contributed by atoms with E-state index in [2.05, 4.69) is 18.7 Å². The van der Waals surface area contributed by atoms with E-state index in [1.165, 1.54) is 32.5 Å². The average molecular weight is 254 g/mol. The zero-order valence-corrected chi connectivity index (χ0v) is 12.5. The van der Waals surface area contributed by atoms with Gasteiger partial charge in [-0.3, -0.25) is 0 Å². The van der Waals surface area contributed by atoms with E-state index in [0.29, 0.717) is 0 Å². The Kier molecular flexibility index (Phi) is 7.09. The van der Waals surface area contributed by atoms with E-state index in [4.69, 9.17) is 0 Å². The standard InChI is InChI=1S/C7H16N.C5H10.Ga/c1-4-7-8(5-2)6-3;1-3-5-4-2;/h1,4-7H2,2-3H3;1-5H2;. The van der Waals surface area contributed by atoms with E-state index >= 15 is 0 Å². The van der Waals surface area contributed by atoms with Crippen molar-refractivity contribution in [3.63, 3.8) is 0 Å². The van der Waals surface area contributed by atoms with Crippen molar-refractivity contribution in [2.75, 3.05) is 19.6 Å². The van der Waals surface area contributed by atoms with Gasteiger partial charge in [-0.15, -0.1) is 0 Å². The summed E-state index contributed by atoms with van der Waals surface area (Å²) < 4.78 is 0. The van der Waals surface area contributed by atoms with Gasteiger partial charge in [0.2, 0.25) is 0 Å². The molecule has 1 saturated heterocycles. The monoisotopic (exact) mass is 253 g/mol. The van der Waals surface area contributed by atoms with Gasteiger partial charge in [-0.25, -0.2) is 0 Å². The van der Waals surface area contributed by atoms with Crippen LogP contribution in [0.2, 0.25) is 14.9 Å². The third-order valence-electron chi connectivity index (χ3n) is 3.71. The van der Waals surface area contributed by atoms with Crippen LogP contribution in [0.15, 0.2) is 0 Å². The summed E-state index contributed by atoms with van der Waals surface area (Å²) in [5, 5.41) is 0. The molecule has 0 bridgehead atoms. The van der Waals surface area contributed by atoms with Crippen molar-refractivity contribution in [1.82, 2.24) is 4.90 Å². The first-order valence-corrected chi connectivity index (χ1v) is 11.7. The Morgan fingerprint density at radius 2 is 1.64 bits per heavy atom. The second-order valence-electron chi connectivity index (χ2n) is 4.67. The SMILES string of the molecule is CCN(CC)CC[CH2][Ga]1[CH2]CCC[CH2]1. The fourth-order valence-electron chi connectivity index (χ4n) is 2.62. The summed E-state index contributed by atoms with van der Waals surface area (Å²) in [6, 6.07) is 0. The molecule has 1 aliphatic rings. The molecule has 1 heterocycles. The quantitative estimate of drug-likeness (QED) is 0.656. The van der Waals surface area contributed by atoms with Crippen molar-refractivity contribution >= 4 is 16.2 Å². The van der Waals surface area contributed by atoms with E-state index in [1.807, 2.05) is 0 Å². The van der Waals surface area contributed by atoms with Crippen molar-refractivity contribution < 1.29 is 0 Å². The Balaban J connectivity index is 2.01. The number of nitrogens with zero attached hydrogens (tertiary/aromatic N) is 1. The van der Waals surface area contributed by atoms with Crippen molar-refractivity contribution in [1.29, 1.82) is 0 Å². The van der Waals surface area contributed by atoms with Gasteiger partial charge in [-0.05, 0) is 0 Å². The van der Waals surface area contributed by atoms with Gasteiger partial charge >= 0.3 is 95.2 Å². The number of hydrogen-bond donors (Lipinski definition) is 0. The van der Waals surface area contributed by atoms with Crippen LogP contribution in [-0.2, 0) is 0 Å². The van der Waals surface area contributed by atoms with Crippen LogP contribution in [0.25, 0.3) is 0 Å². The predicted octanol–water partition coefficient (Wildman–Crippen LogP) is 3.40. The van der Waals surface area contributed by atoms with E-state index in [9.17, 15) is 0 Å². The third kappa shape index (κ3) is 4.90. The molecule has 14 heavy (non-hydrogen) atoms. The van der Waals surface area contributed by atoms with Gasteiger partial charge in [0, 0.05) is 0 Å². The summed E-state index contributed by atoms with van der Waals surface area (Å²) in [5.41, 5.74) is 0. The molecule has 0 spiro atoms. The second-order valence-corrected chi connectivity index (χ2v) is 11.9. The van der Waals surface area contributed by atoms with Gasteiger partial charge in [-0.1, -0.05) is 0 Å². The number of rotatable bonds is 6. The van der Waals surface area contributed by atoms with Gasteiger partial charge < -0.3 is 0 Å². The minimum atomic E-state index is -0.690. The fourth-order valence-corrected chi connectivity index (χ4v) is 9.66. The van der Waals surface area contributed by atoms with E-state index < -0.39 is 16.2 Å².